The maximum atomic E-state index is 6.05. The molecular formula is C18H21ClN2O3. The molecule has 6 heteroatoms. The summed E-state index contributed by atoms with van der Waals surface area (Å²) in [4.78, 5) is 0. The first kappa shape index (κ1) is 17.9. The first-order valence-corrected chi connectivity index (χ1v) is 7.78. The Bertz CT molecular complexity index is 732. The van der Waals surface area contributed by atoms with Crippen LogP contribution in [0.25, 0.3) is 0 Å². The molecule has 1 N–H and O–H groups in total. The van der Waals surface area contributed by atoms with E-state index in [0.717, 1.165) is 22.6 Å². The molecule has 0 aromatic heterocycles. The second-order valence-corrected chi connectivity index (χ2v) is 5.50. The summed E-state index contributed by atoms with van der Waals surface area (Å²) in [7, 11) is 4.85. The predicted octanol–water partition coefficient (Wildman–Crippen LogP) is 3.88. The van der Waals surface area contributed by atoms with Gasteiger partial charge in [-0.15, -0.1) is 0 Å². The summed E-state index contributed by atoms with van der Waals surface area (Å²) in [6.45, 7) is 2.45. The molecule has 0 radical (unpaired) electrons. The van der Waals surface area contributed by atoms with Gasteiger partial charge in [0.15, 0.2) is 11.5 Å². The maximum Gasteiger partial charge on any atom is 0.161 e. The van der Waals surface area contributed by atoms with Gasteiger partial charge >= 0.3 is 0 Å². The van der Waals surface area contributed by atoms with E-state index in [4.69, 9.17) is 25.8 Å². The number of hydrazone groups is 1. The molecule has 0 spiro atoms. The number of ether oxygens (including phenoxy) is 3. The van der Waals surface area contributed by atoms with Gasteiger partial charge in [0.25, 0.3) is 0 Å². The van der Waals surface area contributed by atoms with Crippen molar-refractivity contribution in [3.63, 3.8) is 0 Å². The molecule has 0 amide bonds. The van der Waals surface area contributed by atoms with Crippen molar-refractivity contribution in [2.45, 2.75) is 13.5 Å². The number of rotatable bonds is 7. The molecule has 24 heavy (non-hydrogen) atoms. The monoisotopic (exact) mass is 348 g/mol. The first-order chi connectivity index (χ1) is 11.6. The standard InChI is InChI=1S/C18H21ClN2O3/c1-12(15-10-14(19)6-8-16(15)22-2)21-20-11-13-5-7-17(23-3)18(9-13)24-4/h5-10,20H,11H2,1-4H3/b21-12+. The Morgan fingerprint density at radius 3 is 2.29 bits per heavy atom. The fourth-order valence-electron chi connectivity index (χ4n) is 2.26. The van der Waals surface area contributed by atoms with Crippen LogP contribution in [-0.4, -0.2) is 27.0 Å². The van der Waals surface area contributed by atoms with Crippen LogP contribution in [0.2, 0.25) is 5.02 Å². The van der Waals surface area contributed by atoms with Gasteiger partial charge in [0.1, 0.15) is 5.75 Å². The quantitative estimate of drug-likeness (QED) is 0.609. The Kier molecular flexibility index (Phi) is 6.32. The Hall–Kier alpha value is -2.40. The highest BCUT2D eigenvalue weighted by atomic mass is 35.5. The number of nitrogens with one attached hydrogen (secondary N) is 1. The van der Waals surface area contributed by atoms with Gasteiger partial charge < -0.3 is 19.6 Å². The van der Waals surface area contributed by atoms with Crippen LogP contribution >= 0.6 is 11.6 Å². The van der Waals surface area contributed by atoms with Gasteiger partial charge in [-0.1, -0.05) is 17.7 Å². The minimum absolute atomic E-state index is 0.556. The minimum atomic E-state index is 0.556. The summed E-state index contributed by atoms with van der Waals surface area (Å²) in [5.74, 6) is 2.12. The lowest BCUT2D eigenvalue weighted by atomic mass is 10.1. The van der Waals surface area contributed by atoms with Gasteiger partial charge in [-0.3, -0.25) is 0 Å². The lowest BCUT2D eigenvalue weighted by molar-refractivity contribution is 0.354. The molecule has 2 aromatic rings. The van der Waals surface area contributed by atoms with E-state index >= 15 is 0 Å². The van der Waals surface area contributed by atoms with E-state index in [0.29, 0.717) is 23.1 Å². The number of halogens is 1. The summed E-state index contributed by atoms with van der Waals surface area (Å²) in [6.07, 6.45) is 0. The van der Waals surface area contributed by atoms with Crippen LogP contribution in [0.4, 0.5) is 0 Å². The third kappa shape index (κ3) is 4.32. The summed E-state index contributed by atoms with van der Waals surface area (Å²) >= 11 is 6.05. The van der Waals surface area contributed by atoms with E-state index in [9.17, 15) is 0 Å². The molecular weight excluding hydrogens is 328 g/mol. The summed E-state index contributed by atoms with van der Waals surface area (Å²) in [5.41, 5.74) is 5.72. The highest BCUT2D eigenvalue weighted by Crippen LogP contribution is 2.27. The lowest BCUT2D eigenvalue weighted by Gasteiger charge is -2.11. The molecule has 0 saturated carbocycles. The SMILES string of the molecule is COc1ccc(CN/N=C(\C)c2cc(Cl)ccc2OC)cc1OC. The van der Waals surface area contributed by atoms with Gasteiger partial charge in [0, 0.05) is 10.6 Å². The minimum Gasteiger partial charge on any atom is -0.496 e. The van der Waals surface area contributed by atoms with Gasteiger partial charge in [-0.2, -0.15) is 5.10 Å². The van der Waals surface area contributed by atoms with Crippen molar-refractivity contribution in [2.24, 2.45) is 5.10 Å². The van der Waals surface area contributed by atoms with Crippen molar-refractivity contribution in [2.75, 3.05) is 21.3 Å². The van der Waals surface area contributed by atoms with E-state index in [1.807, 2.05) is 37.3 Å². The second kappa shape index (κ2) is 8.45. The lowest BCUT2D eigenvalue weighted by Crippen LogP contribution is -2.10. The predicted molar refractivity (Wildman–Crippen MR) is 96.6 cm³/mol. The van der Waals surface area contributed by atoms with E-state index in [-0.39, 0.29) is 0 Å². The van der Waals surface area contributed by atoms with Gasteiger partial charge in [-0.05, 0) is 42.8 Å². The molecule has 0 atom stereocenters. The fourth-order valence-corrected chi connectivity index (χ4v) is 2.44. The number of nitrogens with zero attached hydrogens (tertiary/aromatic N) is 1. The van der Waals surface area contributed by atoms with Crippen molar-refractivity contribution in [3.05, 3.63) is 52.5 Å². The highest BCUT2D eigenvalue weighted by molar-refractivity contribution is 6.31. The number of hydrogen-bond acceptors (Lipinski definition) is 5. The Morgan fingerprint density at radius 1 is 0.958 bits per heavy atom. The normalized spacial score (nSPS) is 11.1. The van der Waals surface area contributed by atoms with Crippen molar-refractivity contribution in [3.8, 4) is 17.2 Å². The van der Waals surface area contributed by atoms with Crippen molar-refractivity contribution < 1.29 is 14.2 Å². The third-order valence-corrected chi connectivity index (χ3v) is 3.76. The summed E-state index contributed by atoms with van der Waals surface area (Å²) in [6, 6.07) is 11.2. The Morgan fingerprint density at radius 2 is 1.62 bits per heavy atom. The molecule has 0 fully saturated rings. The molecule has 2 rings (SSSR count). The van der Waals surface area contributed by atoms with Crippen molar-refractivity contribution in [1.29, 1.82) is 0 Å². The van der Waals surface area contributed by atoms with Crippen LogP contribution in [0.1, 0.15) is 18.1 Å². The summed E-state index contributed by atoms with van der Waals surface area (Å²) in [5, 5.41) is 5.03. The van der Waals surface area contributed by atoms with Crippen LogP contribution in [0.5, 0.6) is 17.2 Å². The van der Waals surface area contributed by atoms with Gasteiger partial charge in [-0.25, -0.2) is 0 Å². The van der Waals surface area contributed by atoms with E-state index in [1.54, 1.807) is 27.4 Å². The van der Waals surface area contributed by atoms with Crippen LogP contribution < -0.4 is 19.6 Å². The smallest absolute Gasteiger partial charge is 0.161 e. The fraction of sp³-hybridized carbons (Fsp3) is 0.278. The van der Waals surface area contributed by atoms with Crippen molar-refractivity contribution >= 4 is 17.3 Å². The molecule has 0 unspecified atom stereocenters. The first-order valence-electron chi connectivity index (χ1n) is 7.41. The highest BCUT2D eigenvalue weighted by Gasteiger charge is 2.08. The number of methoxy groups -OCH3 is 3. The zero-order chi connectivity index (χ0) is 17.5. The Labute approximate surface area is 147 Å². The van der Waals surface area contributed by atoms with E-state index in [2.05, 4.69) is 10.5 Å². The largest absolute Gasteiger partial charge is 0.496 e. The molecule has 128 valence electrons. The number of benzene rings is 2. The van der Waals surface area contributed by atoms with E-state index in [1.165, 1.54) is 0 Å². The molecule has 0 aliphatic carbocycles. The molecule has 0 saturated heterocycles. The molecule has 0 heterocycles. The maximum absolute atomic E-state index is 6.05. The summed E-state index contributed by atoms with van der Waals surface area (Å²) < 4.78 is 15.9. The average molecular weight is 349 g/mol. The topological polar surface area (TPSA) is 52.1 Å². The van der Waals surface area contributed by atoms with Gasteiger partial charge in [0.2, 0.25) is 0 Å². The Balaban J connectivity index is 2.10. The average Bonchev–Trinajstić information content (AvgIpc) is 2.61. The zero-order valence-electron chi connectivity index (χ0n) is 14.2. The van der Waals surface area contributed by atoms with E-state index < -0.39 is 0 Å². The molecule has 0 aliphatic heterocycles. The molecule has 0 aliphatic rings. The molecule has 2 aromatic carbocycles. The third-order valence-electron chi connectivity index (χ3n) is 3.53. The van der Waals surface area contributed by atoms with Crippen LogP contribution in [0, 0.1) is 0 Å². The van der Waals surface area contributed by atoms with Crippen LogP contribution in [0.3, 0.4) is 0 Å². The zero-order valence-corrected chi connectivity index (χ0v) is 15.0. The molecule has 0 bridgehead atoms. The van der Waals surface area contributed by atoms with Crippen LogP contribution in [-0.2, 0) is 6.54 Å². The second-order valence-electron chi connectivity index (χ2n) is 5.07. The van der Waals surface area contributed by atoms with Crippen molar-refractivity contribution in [1.82, 2.24) is 5.43 Å². The molecule has 5 nitrogen and oxygen atoms in total. The van der Waals surface area contributed by atoms with Crippen LogP contribution in [0.15, 0.2) is 41.5 Å². The number of hydrogen-bond donors (Lipinski definition) is 1. The van der Waals surface area contributed by atoms with Gasteiger partial charge in [0.05, 0.1) is 33.6 Å².